The largest absolute Gasteiger partial charge is 0.358 e. The Morgan fingerprint density at radius 3 is 2.80 bits per heavy atom. The summed E-state index contributed by atoms with van der Waals surface area (Å²) in [7, 11) is 2.90. The predicted molar refractivity (Wildman–Crippen MR) is 61.2 cm³/mol. The van der Waals surface area contributed by atoms with Gasteiger partial charge < -0.3 is 14.9 Å². The maximum atomic E-state index is 10.6. The minimum atomic E-state index is -1.20. The number of ether oxygens (including phenoxy) is 1. The van der Waals surface area contributed by atoms with E-state index in [2.05, 4.69) is 17.6 Å². The molecule has 1 unspecified atom stereocenters. The number of methoxy groups -OCH3 is 1. The number of hydrogen-bond donors (Lipinski definition) is 1. The lowest BCUT2D eigenvalue weighted by Gasteiger charge is -2.17. The van der Waals surface area contributed by atoms with Crippen LogP contribution in [0, 0.1) is 10.1 Å². The first-order chi connectivity index (χ1) is 6.96. The Kier molecular flexibility index (Phi) is 3.42. The molecule has 0 aliphatic rings. The van der Waals surface area contributed by atoms with E-state index in [1.165, 1.54) is 24.1 Å². The van der Waals surface area contributed by atoms with Crippen LogP contribution in [0.3, 0.4) is 0 Å². The van der Waals surface area contributed by atoms with Crippen molar-refractivity contribution in [3.05, 3.63) is 22.1 Å². The van der Waals surface area contributed by atoms with Crippen LogP contribution in [0.5, 0.6) is 0 Å². The molecule has 6 nitrogen and oxygen atoms in total. The molecule has 1 rings (SSSR count). The summed E-state index contributed by atoms with van der Waals surface area (Å²) in [5.74, 6) is 0.132. The number of nitro groups is 1. The molecule has 0 bridgehead atoms. The number of imidazole rings is 1. The molecule has 82 valence electrons. The van der Waals surface area contributed by atoms with Crippen molar-refractivity contribution in [2.24, 2.45) is 7.05 Å². The Balaban J connectivity index is 3.27. The van der Waals surface area contributed by atoms with Crippen molar-refractivity contribution in [2.75, 3.05) is 7.11 Å². The third-order valence-corrected chi connectivity index (χ3v) is 2.96. The summed E-state index contributed by atoms with van der Waals surface area (Å²) in [4.78, 5) is 12.7. The number of nitrogens with zero attached hydrogens (tertiary/aromatic N) is 3. The van der Waals surface area contributed by atoms with E-state index in [0.717, 1.165) is 6.20 Å². The number of thiol groups is 1. The van der Waals surface area contributed by atoms with Gasteiger partial charge in [0.15, 0.2) is 0 Å². The van der Waals surface area contributed by atoms with Gasteiger partial charge in [0.05, 0.1) is 7.05 Å². The summed E-state index contributed by atoms with van der Waals surface area (Å²) in [6.07, 6.45) is 1.14. The van der Waals surface area contributed by atoms with Gasteiger partial charge in [0.25, 0.3) is 0 Å². The molecule has 0 fully saturated rings. The second-order valence-corrected chi connectivity index (χ2v) is 3.67. The number of aromatic nitrogens is 2. The van der Waals surface area contributed by atoms with Gasteiger partial charge in [0.2, 0.25) is 10.8 Å². The van der Waals surface area contributed by atoms with Crippen LogP contribution in [0.2, 0.25) is 0 Å². The molecule has 1 aromatic rings. The van der Waals surface area contributed by atoms with Crippen LogP contribution in [-0.2, 0) is 16.7 Å². The first kappa shape index (κ1) is 12.1. The first-order valence-electron chi connectivity index (χ1n) is 3.86. The molecular formula is C7H9N3O3S2. The van der Waals surface area contributed by atoms with Crippen LogP contribution in [-0.4, -0.2) is 27.0 Å². The highest BCUT2D eigenvalue weighted by molar-refractivity contribution is 7.85. The van der Waals surface area contributed by atoms with Crippen molar-refractivity contribution >= 4 is 36.0 Å². The van der Waals surface area contributed by atoms with Crippen LogP contribution in [0.4, 0.5) is 5.82 Å². The van der Waals surface area contributed by atoms with Crippen molar-refractivity contribution in [2.45, 2.75) is 4.93 Å². The Hall–Kier alpha value is -0.990. The molecule has 0 saturated carbocycles. The molecular weight excluding hydrogens is 238 g/mol. The second kappa shape index (κ2) is 4.25. The molecule has 0 N–H and O–H groups in total. The van der Waals surface area contributed by atoms with Crippen LogP contribution in [0.1, 0.15) is 5.82 Å². The van der Waals surface area contributed by atoms with Gasteiger partial charge in [0, 0.05) is 12.5 Å². The Morgan fingerprint density at radius 2 is 2.47 bits per heavy atom. The Morgan fingerprint density at radius 1 is 1.87 bits per heavy atom. The van der Waals surface area contributed by atoms with E-state index in [9.17, 15) is 10.1 Å². The Bertz CT molecular complexity index is 406. The molecule has 1 aromatic heterocycles. The number of hydrogen-bond acceptors (Lipinski definition) is 6. The fourth-order valence-corrected chi connectivity index (χ4v) is 1.50. The lowest BCUT2D eigenvalue weighted by molar-refractivity contribution is -0.391. The lowest BCUT2D eigenvalue weighted by atomic mass is 10.3. The quantitative estimate of drug-likeness (QED) is 0.283. The highest BCUT2D eigenvalue weighted by atomic mass is 32.1. The van der Waals surface area contributed by atoms with Gasteiger partial charge in [-0.05, 0) is 4.92 Å². The summed E-state index contributed by atoms with van der Waals surface area (Å²) in [6.45, 7) is 0. The highest BCUT2D eigenvalue weighted by Gasteiger charge is 2.35. The van der Waals surface area contributed by atoms with E-state index in [1.807, 2.05) is 0 Å². The van der Waals surface area contributed by atoms with Crippen LogP contribution < -0.4 is 0 Å². The molecule has 0 aromatic carbocycles. The first-order valence-corrected chi connectivity index (χ1v) is 4.78. The number of rotatable bonds is 4. The lowest BCUT2D eigenvalue weighted by Crippen LogP contribution is -2.26. The van der Waals surface area contributed by atoms with E-state index in [-0.39, 0.29) is 11.6 Å². The SMILES string of the molecule is COC(S)(C=S)c1ncc([N+](=O)[O-])n1C. The molecule has 0 amide bonds. The van der Waals surface area contributed by atoms with Gasteiger partial charge in [0.1, 0.15) is 6.20 Å². The summed E-state index contributed by atoms with van der Waals surface area (Å²) < 4.78 is 6.32. The third-order valence-electron chi connectivity index (χ3n) is 1.94. The van der Waals surface area contributed by atoms with Crippen LogP contribution in [0.25, 0.3) is 0 Å². The average Bonchev–Trinajstić information content (AvgIpc) is 2.59. The molecule has 1 heterocycles. The standard InChI is InChI=1S/C7H9N3O3S2/c1-9-5(10(11)12)3-8-6(9)7(15,4-14)13-2/h3-4,15H,1-2H3. The van der Waals surface area contributed by atoms with Crippen molar-refractivity contribution < 1.29 is 9.66 Å². The van der Waals surface area contributed by atoms with E-state index >= 15 is 0 Å². The van der Waals surface area contributed by atoms with Crippen LogP contribution >= 0.6 is 24.8 Å². The monoisotopic (exact) mass is 247 g/mol. The molecule has 0 aliphatic heterocycles. The zero-order valence-electron chi connectivity index (χ0n) is 8.08. The van der Waals surface area contributed by atoms with E-state index in [0.29, 0.717) is 0 Å². The fraction of sp³-hybridized carbons (Fsp3) is 0.429. The smallest absolute Gasteiger partial charge is 0.342 e. The zero-order chi connectivity index (χ0) is 11.6. The van der Waals surface area contributed by atoms with Crippen molar-refractivity contribution in [3.63, 3.8) is 0 Å². The normalized spacial score (nSPS) is 14.6. The van der Waals surface area contributed by atoms with E-state index < -0.39 is 9.86 Å². The minimum absolute atomic E-state index is 0.141. The van der Waals surface area contributed by atoms with Crippen molar-refractivity contribution in [1.82, 2.24) is 9.55 Å². The number of thiocarbonyl (C=S) groups is 1. The molecule has 15 heavy (non-hydrogen) atoms. The molecule has 8 heteroatoms. The van der Waals surface area contributed by atoms with E-state index in [1.54, 1.807) is 0 Å². The zero-order valence-corrected chi connectivity index (χ0v) is 9.79. The molecule has 0 saturated heterocycles. The van der Waals surface area contributed by atoms with Gasteiger partial charge in [-0.15, -0.1) is 12.6 Å². The van der Waals surface area contributed by atoms with Gasteiger partial charge in [-0.3, -0.25) is 0 Å². The topological polar surface area (TPSA) is 70.2 Å². The Labute approximate surface area is 96.8 Å². The fourth-order valence-electron chi connectivity index (χ4n) is 1.10. The van der Waals surface area contributed by atoms with Gasteiger partial charge in [-0.25, -0.2) is 9.55 Å². The van der Waals surface area contributed by atoms with Crippen molar-refractivity contribution in [3.8, 4) is 0 Å². The van der Waals surface area contributed by atoms with E-state index in [4.69, 9.17) is 17.0 Å². The molecule has 0 spiro atoms. The summed E-state index contributed by atoms with van der Waals surface area (Å²) >= 11 is 8.92. The maximum Gasteiger partial charge on any atom is 0.342 e. The average molecular weight is 247 g/mol. The summed E-state index contributed by atoms with van der Waals surface area (Å²) in [5.41, 5.74) is 0. The summed E-state index contributed by atoms with van der Waals surface area (Å²) in [6, 6.07) is 0. The highest BCUT2D eigenvalue weighted by Crippen LogP contribution is 2.28. The minimum Gasteiger partial charge on any atom is -0.358 e. The van der Waals surface area contributed by atoms with Gasteiger partial charge >= 0.3 is 5.82 Å². The van der Waals surface area contributed by atoms with Gasteiger partial charge in [-0.1, -0.05) is 12.2 Å². The summed E-state index contributed by atoms with van der Waals surface area (Å²) in [5, 5.41) is 11.8. The second-order valence-electron chi connectivity index (χ2n) is 2.77. The van der Waals surface area contributed by atoms with Crippen LogP contribution in [0.15, 0.2) is 6.20 Å². The predicted octanol–water partition coefficient (Wildman–Crippen LogP) is 1.06. The maximum absolute atomic E-state index is 10.6. The van der Waals surface area contributed by atoms with Crippen molar-refractivity contribution in [1.29, 1.82) is 0 Å². The van der Waals surface area contributed by atoms with Gasteiger partial charge in [-0.2, -0.15) is 0 Å². The molecule has 0 radical (unpaired) electrons. The molecule has 0 aliphatic carbocycles. The third kappa shape index (κ3) is 2.01. The molecule has 1 atom stereocenters.